The van der Waals surface area contributed by atoms with Gasteiger partial charge in [0, 0.05) is 6.04 Å². The lowest BCUT2D eigenvalue weighted by molar-refractivity contribution is -0.117. The van der Waals surface area contributed by atoms with Crippen LogP contribution in [0.5, 0.6) is 5.75 Å². The first-order valence-corrected chi connectivity index (χ1v) is 11.3. The number of benzene rings is 3. The predicted molar refractivity (Wildman–Crippen MR) is 132 cm³/mol. The van der Waals surface area contributed by atoms with Crippen molar-refractivity contribution in [3.63, 3.8) is 0 Å². The minimum absolute atomic E-state index is 0.0352. The average Bonchev–Trinajstić information content (AvgIpc) is 2.70. The van der Waals surface area contributed by atoms with Crippen LogP contribution in [0.15, 0.2) is 64.6 Å². The van der Waals surface area contributed by atoms with Gasteiger partial charge < -0.3 is 10.1 Å². The van der Waals surface area contributed by atoms with Crippen LogP contribution in [0.1, 0.15) is 25.0 Å². The summed E-state index contributed by atoms with van der Waals surface area (Å²) in [6.07, 6.45) is 1.58. The quantitative estimate of drug-likeness (QED) is 0.216. The van der Waals surface area contributed by atoms with Gasteiger partial charge in [-0.25, -0.2) is 0 Å². The first-order valence-electron chi connectivity index (χ1n) is 9.39. The maximum Gasteiger partial charge on any atom is 0.262 e. The summed E-state index contributed by atoms with van der Waals surface area (Å²) < 4.78 is 7.72. The van der Waals surface area contributed by atoms with E-state index in [0.717, 1.165) is 24.9 Å². The fourth-order valence-electron chi connectivity index (χ4n) is 2.94. The summed E-state index contributed by atoms with van der Waals surface area (Å²) >= 11 is 5.75. The van der Waals surface area contributed by atoms with Crippen LogP contribution in [0.3, 0.4) is 0 Å². The van der Waals surface area contributed by atoms with E-state index in [1.165, 1.54) is 10.8 Å². The number of fused-ring (bicyclic) bond motifs is 1. The molecule has 3 aromatic carbocycles. The largest absolute Gasteiger partial charge is 0.487 e. The molecule has 0 radical (unpaired) electrons. The van der Waals surface area contributed by atoms with Crippen molar-refractivity contribution in [1.29, 1.82) is 5.26 Å². The van der Waals surface area contributed by atoms with Crippen LogP contribution in [-0.2, 0) is 11.4 Å². The van der Waals surface area contributed by atoms with E-state index in [1.807, 2.05) is 44.2 Å². The predicted octanol–water partition coefficient (Wildman–Crippen LogP) is 6.22. The summed E-state index contributed by atoms with van der Waals surface area (Å²) in [5, 5.41) is 14.4. The molecule has 0 atom stereocenters. The minimum Gasteiger partial charge on any atom is -0.487 e. The number of amides is 1. The normalized spacial score (nSPS) is 11.4. The highest BCUT2D eigenvalue weighted by molar-refractivity contribution is 14.1. The molecule has 6 heteroatoms. The van der Waals surface area contributed by atoms with Crippen LogP contribution in [0.4, 0.5) is 0 Å². The monoisotopic (exact) mass is 574 g/mol. The molecule has 3 aromatic rings. The van der Waals surface area contributed by atoms with Gasteiger partial charge in [-0.2, -0.15) is 5.26 Å². The van der Waals surface area contributed by atoms with Crippen molar-refractivity contribution in [1.82, 2.24) is 5.32 Å². The molecule has 1 amide bonds. The maximum absolute atomic E-state index is 12.1. The van der Waals surface area contributed by atoms with Gasteiger partial charge in [0.05, 0.1) is 8.04 Å². The lowest BCUT2D eigenvalue weighted by Crippen LogP contribution is -2.30. The Morgan fingerprint density at radius 1 is 1.20 bits per heavy atom. The summed E-state index contributed by atoms with van der Waals surface area (Å²) in [6.45, 7) is 4.15. The molecule has 0 saturated carbocycles. The Kier molecular flexibility index (Phi) is 7.51. The van der Waals surface area contributed by atoms with Crippen molar-refractivity contribution in [2.24, 2.45) is 0 Å². The molecule has 3 rings (SSSR count). The Morgan fingerprint density at radius 2 is 1.93 bits per heavy atom. The fraction of sp³-hybridized carbons (Fsp3) is 0.167. The van der Waals surface area contributed by atoms with Crippen LogP contribution >= 0.6 is 38.5 Å². The topological polar surface area (TPSA) is 62.1 Å². The second-order valence-corrected chi connectivity index (χ2v) is 9.10. The van der Waals surface area contributed by atoms with E-state index in [4.69, 9.17) is 4.74 Å². The van der Waals surface area contributed by atoms with Gasteiger partial charge in [0.1, 0.15) is 24.0 Å². The van der Waals surface area contributed by atoms with E-state index >= 15 is 0 Å². The van der Waals surface area contributed by atoms with Gasteiger partial charge >= 0.3 is 0 Å². The highest BCUT2D eigenvalue weighted by Crippen LogP contribution is 2.33. The Hall–Kier alpha value is -2.37. The number of ether oxygens (including phenoxy) is 1. The first-order chi connectivity index (χ1) is 14.4. The Bertz CT molecular complexity index is 1140. The highest BCUT2D eigenvalue weighted by atomic mass is 127. The lowest BCUT2D eigenvalue weighted by Gasteiger charge is -2.12. The number of carbonyl (C=O) groups excluding carboxylic acids is 1. The summed E-state index contributed by atoms with van der Waals surface area (Å²) in [4.78, 5) is 12.1. The van der Waals surface area contributed by atoms with Crippen molar-refractivity contribution in [3.8, 4) is 11.8 Å². The number of hydrogen-bond acceptors (Lipinski definition) is 3. The second-order valence-electron chi connectivity index (χ2n) is 7.08. The van der Waals surface area contributed by atoms with Gasteiger partial charge in [0.2, 0.25) is 0 Å². The van der Waals surface area contributed by atoms with Gasteiger partial charge in [-0.1, -0.05) is 36.4 Å². The number of nitrogens with zero attached hydrogens (tertiary/aromatic N) is 1. The summed E-state index contributed by atoms with van der Waals surface area (Å²) in [5.74, 6) is 0.348. The molecule has 0 unspecified atom stereocenters. The number of nitriles is 1. The third-order valence-corrected chi connectivity index (χ3v) is 5.70. The number of nitrogens with one attached hydrogen (secondary N) is 1. The third-order valence-electron chi connectivity index (χ3n) is 4.31. The van der Waals surface area contributed by atoms with Gasteiger partial charge in [0.25, 0.3) is 5.91 Å². The Morgan fingerprint density at radius 3 is 2.60 bits per heavy atom. The van der Waals surface area contributed by atoms with Crippen molar-refractivity contribution in [3.05, 3.63) is 79.3 Å². The molecule has 0 aliphatic carbocycles. The molecule has 0 aliphatic rings. The standard InChI is InChI=1S/C24H20BrIN2O2/c1-15(2)28-24(29)20(13-27)10-17-11-21(25)23(22(26)12-17)30-14-16-7-8-18-5-3-4-6-19(18)9-16/h3-12,15H,14H2,1-2H3,(H,28,29)/b20-10-. The minimum atomic E-state index is -0.379. The molecule has 152 valence electrons. The number of halogens is 2. The molecule has 0 fully saturated rings. The van der Waals surface area contributed by atoms with E-state index in [9.17, 15) is 10.1 Å². The molecule has 1 N–H and O–H groups in total. The lowest BCUT2D eigenvalue weighted by atomic mass is 10.1. The summed E-state index contributed by atoms with van der Waals surface area (Å²) in [5.41, 5.74) is 1.90. The van der Waals surface area contributed by atoms with Gasteiger partial charge in [-0.15, -0.1) is 0 Å². The molecule has 0 saturated heterocycles. The molecule has 0 aliphatic heterocycles. The zero-order valence-corrected chi connectivity index (χ0v) is 20.3. The molecule has 4 nitrogen and oxygen atoms in total. The van der Waals surface area contributed by atoms with E-state index in [-0.39, 0.29) is 17.5 Å². The van der Waals surface area contributed by atoms with E-state index in [2.05, 4.69) is 74.2 Å². The summed E-state index contributed by atoms with van der Waals surface area (Å²) in [7, 11) is 0. The van der Waals surface area contributed by atoms with Crippen molar-refractivity contribution >= 4 is 61.3 Å². The van der Waals surface area contributed by atoms with Crippen LogP contribution in [-0.4, -0.2) is 11.9 Å². The average molecular weight is 575 g/mol. The van der Waals surface area contributed by atoms with Crippen LogP contribution < -0.4 is 10.1 Å². The number of rotatable bonds is 6. The van der Waals surface area contributed by atoms with E-state index in [0.29, 0.717) is 6.61 Å². The first kappa shape index (κ1) is 22.3. The van der Waals surface area contributed by atoms with Crippen LogP contribution in [0.25, 0.3) is 16.8 Å². The fourth-order valence-corrected chi connectivity index (χ4v) is 4.71. The van der Waals surface area contributed by atoms with Crippen molar-refractivity contribution < 1.29 is 9.53 Å². The zero-order chi connectivity index (χ0) is 21.7. The number of carbonyl (C=O) groups is 1. The second kappa shape index (κ2) is 10.1. The zero-order valence-electron chi connectivity index (χ0n) is 16.6. The molecule has 0 spiro atoms. The van der Waals surface area contributed by atoms with Crippen molar-refractivity contribution in [2.75, 3.05) is 0 Å². The molecular formula is C24H20BrIN2O2. The van der Waals surface area contributed by atoms with Gasteiger partial charge in [-0.3, -0.25) is 4.79 Å². The van der Waals surface area contributed by atoms with Gasteiger partial charge in [-0.05, 0) is 98.5 Å². The smallest absolute Gasteiger partial charge is 0.262 e. The number of hydrogen-bond donors (Lipinski definition) is 1. The maximum atomic E-state index is 12.1. The molecule has 0 aromatic heterocycles. The summed E-state index contributed by atoms with van der Waals surface area (Å²) in [6, 6.07) is 20.2. The van der Waals surface area contributed by atoms with Crippen molar-refractivity contribution in [2.45, 2.75) is 26.5 Å². The Balaban J connectivity index is 1.79. The molecular weight excluding hydrogens is 555 g/mol. The highest BCUT2D eigenvalue weighted by Gasteiger charge is 2.13. The van der Waals surface area contributed by atoms with E-state index in [1.54, 1.807) is 6.08 Å². The third kappa shape index (κ3) is 5.61. The van der Waals surface area contributed by atoms with E-state index < -0.39 is 0 Å². The molecule has 0 bridgehead atoms. The van der Waals surface area contributed by atoms with Crippen LogP contribution in [0, 0.1) is 14.9 Å². The molecule has 30 heavy (non-hydrogen) atoms. The van der Waals surface area contributed by atoms with Gasteiger partial charge in [0.15, 0.2) is 0 Å². The Labute approximate surface area is 198 Å². The van der Waals surface area contributed by atoms with Crippen LogP contribution in [0.2, 0.25) is 0 Å². The molecule has 0 heterocycles. The SMILES string of the molecule is CC(C)NC(=O)/C(C#N)=C\c1cc(Br)c(OCc2ccc3ccccc3c2)c(I)c1.